The van der Waals surface area contributed by atoms with Gasteiger partial charge in [0.15, 0.2) is 0 Å². The predicted molar refractivity (Wildman–Crippen MR) is 63.5 cm³/mol. The average molecular weight is 228 g/mol. The molecule has 4 heteroatoms. The highest BCUT2D eigenvalue weighted by Gasteiger charge is 2.34. The van der Waals surface area contributed by atoms with Crippen LogP contribution >= 0.6 is 0 Å². The fraction of sp³-hybridized carbons (Fsp3) is 1.00. The molecule has 2 aliphatic heterocycles. The van der Waals surface area contributed by atoms with Gasteiger partial charge in [-0.1, -0.05) is 0 Å². The molecule has 2 aliphatic rings. The summed E-state index contributed by atoms with van der Waals surface area (Å²) in [5.41, 5.74) is 0. The zero-order chi connectivity index (χ0) is 11.4. The molecule has 4 nitrogen and oxygen atoms in total. The van der Waals surface area contributed by atoms with Crippen molar-refractivity contribution in [2.75, 3.05) is 46.5 Å². The predicted octanol–water partition coefficient (Wildman–Crippen LogP) is 0.164. The Hall–Kier alpha value is -0.160. The molecule has 0 saturated carbocycles. The van der Waals surface area contributed by atoms with E-state index < -0.39 is 0 Å². The van der Waals surface area contributed by atoms with Gasteiger partial charge in [0.25, 0.3) is 0 Å². The van der Waals surface area contributed by atoms with Crippen molar-refractivity contribution in [1.29, 1.82) is 0 Å². The highest BCUT2D eigenvalue weighted by Crippen LogP contribution is 2.28. The average Bonchev–Trinajstić information content (AvgIpc) is 2.51. The summed E-state index contributed by atoms with van der Waals surface area (Å²) >= 11 is 0. The number of likely N-dealkylation sites (tertiary alicyclic amines) is 1. The number of rotatable bonds is 5. The van der Waals surface area contributed by atoms with E-state index in [1.165, 1.54) is 32.4 Å². The minimum absolute atomic E-state index is 0.132. The molecule has 2 heterocycles. The monoisotopic (exact) mass is 228 g/mol. The molecule has 2 saturated heterocycles. The Kier molecular flexibility index (Phi) is 4.58. The van der Waals surface area contributed by atoms with E-state index in [2.05, 4.69) is 16.8 Å². The smallest absolute Gasteiger partial charge is 0.0698 e. The van der Waals surface area contributed by atoms with Crippen LogP contribution in [0.1, 0.15) is 19.3 Å². The number of nitrogens with zero attached hydrogens (tertiary/aromatic N) is 2. The van der Waals surface area contributed by atoms with Crippen molar-refractivity contribution in [1.82, 2.24) is 9.80 Å². The van der Waals surface area contributed by atoms with E-state index >= 15 is 0 Å². The Morgan fingerprint density at radius 2 is 2.00 bits per heavy atom. The Bertz CT molecular complexity index is 213. The summed E-state index contributed by atoms with van der Waals surface area (Å²) < 4.78 is 5.33. The third-order valence-corrected chi connectivity index (χ3v) is 4.02. The van der Waals surface area contributed by atoms with E-state index in [0.29, 0.717) is 6.61 Å². The van der Waals surface area contributed by atoms with Gasteiger partial charge in [0, 0.05) is 25.2 Å². The molecule has 0 radical (unpaired) electrons. The molecule has 2 atom stereocenters. The first-order chi connectivity index (χ1) is 7.81. The molecular weight excluding hydrogens is 204 g/mol. The molecular formula is C12H24N2O2. The lowest BCUT2D eigenvalue weighted by atomic mass is 10.1. The number of aliphatic hydroxyl groups is 1. The van der Waals surface area contributed by atoms with E-state index in [-0.39, 0.29) is 6.61 Å². The zero-order valence-electron chi connectivity index (χ0n) is 10.3. The Labute approximate surface area is 98.2 Å². The molecule has 0 spiro atoms. The van der Waals surface area contributed by atoms with Gasteiger partial charge >= 0.3 is 0 Å². The second kappa shape index (κ2) is 5.96. The molecule has 1 N–H and O–H groups in total. The Balaban J connectivity index is 1.71. The van der Waals surface area contributed by atoms with Gasteiger partial charge < -0.3 is 9.84 Å². The maximum Gasteiger partial charge on any atom is 0.0698 e. The van der Waals surface area contributed by atoms with Crippen molar-refractivity contribution in [3.63, 3.8) is 0 Å². The number of hydrogen-bond acceptors (Lipinski definition) is 4. The van der Waals surface area contributed by atoms with Crippen LogP contribution in [0.3, 0.4) is 0 Å². The normalized spacial score (nSPS) is 31.9. The third-order valence-electron chi connectivity index (χ3n) is 4.02. The highest BCUT2D eigenvalue weighted by atomic mass is 16.5. The number of likely N-dealkylation sites (N-methyl/N-ethyl adjacent to an activating group) is 1. The molecule has 94 valence electrons. The fourth-order valence-electron chi connectivity index (χ4n) is 2.94. The van der Waals surface area contributed by atoms with Crippen molar-refractivity contribution in [2.45, 2.75) is 31.3 Å². The summed E-state index contributed by atoms with van der Waals surface area (Å²) in [4.78, 5) is 5.08. The summed E-state index contributed by atoms with van der Waals surface area (Å²) in [6.45, 7) is 4.76. The molecule has 0 aliphatic carbocycles. The van der Waals surface area contributed by atoms with Crippen molar-refractivity contribution < 1.29 is 9.84 Å². The molecule has 16 heavy (non-hydrogen) atoms. The van der Waals surface area contributed by atoms with Gasteiger partial charge in [0.05, 0.1) is 19.8 Å². The van der Waals surface area contributed by atoms with E-state index in [4.69, 9.17) is 9.84 Å². The summed E-state index contributed by atoms with van der Waals surface area (Å²) in [7, 11) is 2.27. The molecule has 0 amide bonds. The maximum atomic E-state index is 8.62. The first kappa shape index (κ1) is 12.3. The molecule has 2 bridgehead atoms. The summed E-state index contributed by atoms with van der Waals surface area (Å²) in [5, 5.41) is 8.62. The lowest BCUT2D eigenvalue weighted by molar-refractivity contribution is 0.0716. The van der Waals surface area contributed by atoms with Gasteiger partial charge in [0.1, 0.15) is 0 Å². The first-order valence-corrected chi connectivity index (χ1v) is 6.44. The van der Waals surface area contributed by atoms with E-state index in [9.17, 15) is 0 Å². The summed E-state index contributed by atoms with van der Waals surface area (Å²) in [6.07, 6.45) is 4.04. The van der Waals surface area contributed by atoms with Gasteiger partial charge in [-0.2, -0.15) is 0 Å². The largest absolute Gasteiger partial charge is 0.394 e. The van der Waals surface area contributed by atoms with E-state index in [0.717, 1.165) is 25.2 Å². The second-order valence-corrected chi connectivity index (χ2v) is 4.98. The van der Waals surface area contributed by atoms with Crippen molar-refractivity contribution >= 4 is 0 Å². The standard InChI is InChI=1S/C12H24N2O2/c1-13-11-2-3-12(13)10-14(5-4-11)6-8-16-9-7-15/h11-12,15H,2-10H2,1H3. The minimum atomic E-state index is 0.132. The lowest BCUT2D eigenvalue weighted by Gasteiger charge is -2.25. The quantitative estimate of drug-likeness (QED) is 0.680. The lowest BCUT2D eigenvalue weighted by Crippen LogP contribution is -2.38. The number of ether oxygens (including phenoxy) is 1. The van der Waals surface area contributed by atoms with Crippen LogP contribution in [0.5, 0.6) is 0 Å². The molecule has 2 fully saturated rings. The third kappa shape index (κ3) is 2.94. The van der Waals surface area contributed by atoms with Gasteiger partial charge in [0.2, 0.25) is 0 Å². The summed E-state index contributed by atoms with van der Waals surface area (Å²) in [6, 6.07) is 1.57. The van der Waals surface area contributed by atoms with E-state index in [1.807, 2.05) is 0 Å². The maximum absolute atomic E-state index is 8.62. The van der Waals surface area contributed by atoms with Crippen LogP contribution in [0.4, 0.5) is 0 Å². The topological polar surface area (TPSA) is 35.9 Å². The van der Waals surface area contributed by atoms with Crippen LogP contribution in [0, 0.1) is 0 Å². The molecule has 0 aromatic carbocycles. The summed E-state index contributed by atoms with van der Waals surface area (Å²) in [5.74, 6) is 0. The first-order valence-electron chi connectivity index (χ1n) is 6.44. The Morgan fingerprint density at radius 1 is 1.19 bits per heavy atom. The SMILES string of the molecule is CN1C2CCC1CN(CCOCCO)CC2. The molecule has 0 aromatic heterocycles. The van der Waals surface area contributed by atoms with Crippen molar-refractivity contribution in [2.24, 2.45) is 0 Å². The van der Waals surface area contributed by atoms with Crippen LogP contribution in [0.15, 0.2) is 0 Å². The second-order valence-electron chi connectivity index (χ2n) is 4.98. The zero-order valence-corrected chi connectivity index (χ0v) is 10.3. The Morgan fingerprint density at radius 3 is 2.81 bits per heavy atom. The minimum Gasteiger partial charge on any atom is -0.394 e. The number of aliphatic hydroxyl groups excluding tert-OH is 1. The fourth-order valence-corrected chi connectivity index (χ4v) is 2.94. The van der Waals surface area contributed by atoms with Gasteiger partial charge in [-0.3, -0.25) is 9.80 Å². The van der Waals surface area contributed by atoms with Crippen LogP contribution < -0.4 is 0 Å². The van der Waals surface area contributed by atoms with Gasteiger partial charge in [-0.15, -0.1) is 0 Å². The van der Waals surface area contributed by atoms with Gasteiger partial charge in [-0.05, 0) is 32.9 Å². The van der Waals surface area contributed by atoms with Crippen LogP contribution in [-0.2, 0) is 4.74 Å². The molecule has 2 unspecified atom stereocenters. The molecule has 2 rings (SSSR count). The highest BCUT2D eigenvalue weighted by molar-refractivity contribution is 4.90. The van der Waals surface area contributed by atoms with Crippen molar-refractivity contribution in [3.8, 4) is 0 Å². The number of fused-ring (bicyclic) bond motifs is 2. The van der Waals surface area contributed by atoms with Crippen molar-refractivity contribution in [3.05, 3.63) is 0 Å². The van der Waals surface area contributed by atoms with Gasteiger partial charge in [-0.25, -0.2) is 0 Å². The molecule has 0 aromatic rings. The van der Waals surface area contributed by atoms with E-state index in [1.54, 1.807) is 0 Å². The van der Waals surface area contributed by atoms with Crippen LogP contribution in [0.2, 0.25) is 0 Å². The number of hydrogen-bond donors (Lipinski definition) is 1. The van der Waals surface area contributed by atoms with Crippen LogP contribution in [-0.4, -0.2) is 73.5 Å². The van der Waals surface area contributed by atoms with Crippen LogP contribution in [0.25, 0.3) is 0 Å².